The first kappa shape index (κ1) is 22.6. The van der Waals surface area contributed by atoms with Gasteiger partial charge in [-0.05, 0) is 49.8 Å². The van der Waals surface area contributed by atoms with Crippen molar-refractivity contribution in [3.8, 4) is 0 Å². The van der Waals surface area contributed by atoms with Gasteiger partial charge in [0.15, 0.2) is 0 Å². The summed E-state index contributed by atoms with van der Waals surface area (Å²) in [5.41, 5.74) is 0.985. The first-order valence-electron chi connectivity index (χ1n) is 9.78. The second kappa shape index (κ2) is 10.2. The lowest BCUT2D eigenvalue weighted by molar-refractivity contribution is -0.140. The molecular formula is C20H30NO6P. The predicted molar refractivity (Wildman–Crippen MR) is 107 cm³/mol. The molecule has 8 heteroatoms. The zero-order chi connectivity index (χ0) is 20.6. The number of amides is 1. The van der Waals surface area contributed by atoms with Crippen molar-refractivity contribution in [3.05, 3.63) is 29.8 Å². The summed E-state index contributed by atoms with van der Waals surface area (Å²) in [6, 6.07) is 7.05. The number of carbonyl (C=O) groups excluding carboxylic acids is 1. The van der Waals surface area contributed by atoms with E-state index in [9.17, 15) is 14.2 Å². The molecule has 0 heterocycles. The average molecular weight is 411 g/mol. The largest absolute Gasteiger partial charge is 0.481 e. The Kier molecular flexibility index (Phi) is 8.23. The second-order valence-corrected chi connectivity index (χ2v) is 9.36. The number of hydrogen-bond acceptors (Lipinski definition) is 5. The highest BCUT2D eigenvalue weighted by atomic mass is 31.2. The van der Waals surface area contributed by atoms with E-state index in [0.717, 1.165) is 31.2 Å². The summed E-state index contributed by atoms with van der Waals surface area (Å²) in [4.78, 5) is 23.6. The molecule has 1 aromatic rings. The van der Waals surface area contributed by atoms with Gasteiger partial charge in [-0.2, -0.15) is 0 Å². The molecule has 0 unspecified atom stereocenters. The Labute approximate surface area is 166 Å². The summed E-state index contributed by atoms with van der Waals surface area (Å²) in [7, 11) is -3.17. The summed E-state index contributed by atoms with van der Waals surface area (Å²) in [6.07, 6.45) is 3.90. The molecule has 0 saturated heterocycles. The Hall–Kier alpha value is -1.69. The summed E-state index contributed by atoms with van der Waals surface area (Å²) in [5.74, 6) is -1.03. The smallest absolute Gasteiger partial charge is 0.335 e. The molecule has 1 aliphatic carbocycles. The van der Waals surface area contributed by atoms with Gasteiger partial charge in [0.2, 0.25) is 5.91 Å². The van der Waals surface area contributed by atoms with Crippen LogP contribution >= 0.6 is 7.60 Å². The molecule has 28 heavy (non-hydrogen) atoms. The SMILES string of the molecule is CCOP(=O)(Cc1ccc(NC(=O)CC2(CC(=O)O)CCCC2)cc1)OCC. The lowest BCUT2D eigenvalue weighted by atomic mass is 9.79. The van der Waals surface area contributed by atoms with E-state index in [1.165, 1.54) is 0 Å². The molecule has 2 rings (SSSR count). The lowest BCUT2D eigenvalue weighted by Gasteiger charge is -2.26. The first-order valence-corrected chi connectivity index (χ1v) is 11.5. The van der Waals surface area contributed by atoms with Crippen LogP contribution < -0.4 is 5.32 Å². The predicted octanol–water partition coefficient (Wildman–Crippen LogP) is 4.82. The fourth-order valence-electron chi connectivity index (χ4n) is 3.85. The Morgan fingerprint density at radius 3 is 2.14 bits per heavy atom. The van der Waals surface area contributed by atoms with E-state index in [2.05, 4.69) is 5.32 Å². The highest BCUT2D eigenvalue weighted by Gasteiger charge is 2.38. The van der Waals surface area contributed by atoms with Gasteiger partial charge in [-0.25, -0.2) is 0 Å². The number of carboxylic acids is 1. The molecule has 0 bridgehead atoms. The van der Waals surface area contributed by atoms with E-state index < -0.39 is 19.0 Å². The molecule has 0 radical (unpaired) electrons. The first-order chi connectivity index (χ1) is 13.3. The summed E-state index contributed by atoms with van der Waals surface area (Å²) >= 11 is 0. The van der Waals surface area contributed by atoms with Crippen molar-refractivity contribution in [1.29, 1.82) is 0 Å². The van der Waals surface area contributed by atoms with E-state index in [1.807, 2.05) is 0 Å². The molecule has 1 fully saturated rings. The van der Waals surface area contributed by atoms with Crippen molar-refractivity contribution >= 4 is 25.2 Å². The van der Waals surface area contributed by atoms with E-state index >= 15 is 0 Å². The van der Waals surface area contributed by atoms with Crippen LogP contribution in [0.4, 0.5) is 5.69 Å². The molecule has 0 aromatic heterocycles. The normalized spacial score (nSPS) is 16.1. The van der Waals surface area contributed by atoms with Crippen molar-refractivity contribution in [3.63, 3.8) is 0 Å². The third kappa shape index (κ3) is 6.73. The fraction of sp³-hybridized carbons (Fsp3) is 0.600. The molecule has 1 saturated carbocycles. The number of benzene rings is 1. The maximum Gasteiger partial charge on any atom is 0.335 e. The summed E-state index contributed by atoms with van der Waals surface area (Å²) in [6.45, 7) is 4.16. The van der Waals surface area contributed by atoms with Crippen LogP contribution in [-0.4, -0.2) is 30.2 Å². The van der Waals surface area contributed by atoms with Crippen LogP contribution in [0, 0.1) is 5.41 Å². The molecule has 7 nitrogen and oxygen atoms in total. The Morgan fingerprint density at radius 1 is 1.07 bits per heavy atom. The van der Waals surface area contributed by atoms with Crippen molar-refractivity contribution < 1.29 is 28.3 Å². The molecule has 1 aromatic carbocycles. The van der Waals surface area contributed by atoms with Gasteiger partial charge >= 0.3 is 13.6 Å². The van der Waals surface area contributed by atoms with Gasteiger partial charge in [-0.3, -0.25) is 14.2 Å². The topological polar surface area (TPSA) is 102 Å². The van der Waals surface area contributed by atoms with Crippen molar-refractivity contribution in [2.75, 3.05) is 18.5 Å². The van der Waals surface area contributed by atoms with E-state index in [0.29, 0.717) is 18.9 Å². The van der Waals surface area contributed by atoms with Gasteiger partial charge in [-0.15, -0.1) is 0 Å². The third-order valence-corrected chi connectivity index (χ3v) is 7.05. The van der Waals surface area contributed by atoms with Gasteiger partial charge in [0.25, 0.3) is 0 Å². The highest BCUT2D eigenvalue weighted by molar-refractivity contribution is 7.53. The highest BCUT2D eigenvalue weighted by Crippen LogP contribution is 2.51. The number of rotatable bonds is 11. The number of hydrogen-bond donors (Lipinski definition) is 2. The van der Waals surface area contributed by atoms with Gasteiger partial charge in [-0.1, -0.05) is 25.0 Å². The van der Waals surface area contributed by atoms with Crippen molar-refractivity contribution in [2.45, 2.75) is 58.5 Å². The minimum absolute atomic E-state index is 0.0313. The number of aliphatic carboxylic acids is 1. The molecule has 2 N–H and O–H groups in total. The Morgan fingerprint density at radius 2 is 1.64 bits per heavy atom. The van der Waals surface area contributed by atoms with Crippen molar-refractivity contribution in [2.24, 2.45) is 5.41 Å². The van der Waals surface area contributed by atoms with Gasteiger partial charge in [0, 0.05) is 12.1 Å². The molecule has 1 amide bonds. The lowest BCUT2D eigenvalue weighted by Crippen LogP contribution is -2.27. The van der Waals surface area contributed by atoms with Gasteiger partial charge in [0.1, 0.15) is 0 Å². The second-order valence-electron chi connectivity index (χ2n) is 7.30. The Balaban J connectivity index is 1.97. The van der Waals surface area contributed by atoms with Crippen LogP contribution in [0.2, 0.25) is 0 Å². The number of anilines is 1. The quantitative estimate of drug-likeness (QED) is 0.506. The standard InChI is InChI=1S/C20H30NO6P/c1-3-26-28(25,27-4-2)15-16-7-9-17(10-8-16)21-18(22)13-20(14-19(23)24)11-5-6-12-20/h7-10H,3-6,11-15H2,1-2H3,(H,21,22)(H,23,24). The molecule has 0 atom stereocenters. The fourth-order valence-corrected chi connectivity index (χ4v) is 5.55. The zero-order valence-corrected chi connectivity index (χ0v) is 17.5. The molecule has 0 aliphatic heterocycles. The van der Waals surface area contributed by atoms with E-state index in [1.54, 1.807) is 38.1 Å². The van der Waals surface area contributed by atoms with E-state index in [-0.39, 0.29) is 24.9 Å². The molecule has 0 spiro atoms. The summed E-state index contributed by atoms with van der Waals surface area (Å²) in [5, 5.41) is 12.0. The third-order valence-electron chi connectivity index (χ3n) is 4.99. The maximum absolute atomic E-state index is 12.6. The van der Waals surface area contributed by atoms with Gasteiger partial charge < -0.3 is 19.5 Å². The monoisotopic (exact) mass is 411 g/mol. The van der Waals surface area contributed by atoms with Crippen LogP contribution in [-0.2, 0) is 29.4 Å². The van der Waals surface area contributed by atoms with Crippen molar-refractivity contribution in [1.82, 2.24) is 0 Å². The number of carboxylic acid groups (broad SMARTS) is 1. The molecule has 156 valence electrons. The zero-order valence-electron chi connectivity index (χ0n) is 16.6. The van der Waals surface area contributed by atoms with E-state index in [4.69, 9.17) is 14.2 Å². The summed E-state index contributed by atoms with van der Waals surface area (Å²) < 4.78 is 23.2. The minimum Gasteiger partial charge on any atom is -0.481 e. The molecule has 1 aliphatic rings. The Bertz CT molecular complexity index is 702. The van der Waals surface area contributed by atoms with Crippen LogP contribution in [0.5, 0.6) is 0 Å². The van der Waals surface area contributed by atoms with Gasteiger partial charge in [0.05, 0.1) is 25.8 Å². The number of nitrogens with one attached hydrogen (secondary N) is 1. The molecular weight excluding hydrogens is 381 g/mol. The number of carbonyl (C=O) groups is 2. The van der Waals surface area contributed by atoms with Crippen LogP contribution in [0.15, 0.2) is 24.3 Å². The maximum atomic E-state index is 12.6. The van der Waals surface area contributed by atoms with Crippen LogP contribution in [0.3, 0.4) is 0 Å². The minimum atomic E-state index is -3.17. The van der Waals surface area contributed by atoms with Crippen LogP contribution in [0.25, 0.3) is 0 Å². The average Bonchev–Trinajstić information content (AvgIpc) is 3.04. The van der Waals surface area contributed by atoms with Crippen LogP contribution in [0.1, 0.15) is 57.9 Å².